The van der Waals surface area contributed by atoms with Crippen molar-refractivity contribution in [2.45, 2.75) is 37.0 Å². The molecule has 1 aromatic heterocycles. The molecule has 2 aromatic rings. The van der Waals surface area contributed by atoms with E-state index in [-0.39, 0.29) is 23.1 Å². The lowest BCUT2D eigenvalue weighted by atomic mass is 9.73. The molecular formula is C24H28N2O4. The monoisotopic (exact) mass is 408 g/mol. The van der Waals surface area contributed by atoms with Crippen molar-refractivity contribution in [2.75, 3.05) is 39.4 Å². The number of carbonyl (C=O) groups is 2. The summed E-state index contributed by atoms with van der Waals surface area (Å²) in [5.74, 6) is 0.872. The molecule has 1 aliphatic carbocycles. The summed E-state index contributed by atoms with van der Waals surface area (Å²) in [7, 11) is 0. The van der Waals surface area contributed by atoms with Crippen LogP contribution in [0.2, 0.25) is 0 Å². The number of furan rings is 1. The third-order valence-corrected chi connectivity index (χ3v) is 7.13. The summed E-state index contributed by atoms with van der Waals surface area (Å²) >= 11 is 0. The van der Waals surface area contributed by atoms with Gasteiger partial charge in [0, 0.05) is 32.6 Å². The number of amides is 2. The molecule has 158 valence electrons. The zero-order valence-electron chi connectivity index (χ0n) is 17.2. The summed E-state index contributed by atoms with van der Waals surface area (Å²) in [6, 6.07) is 12.1. The number of ether oxygens (including phenoxy) is 1. The van der Waals surface area contributed by atoms with Crippen molar-refractivity contribution in [1.82, 2.24) is 9.80 Å². The number of nitrogens with zero attached hydrogens (tertiary/aromatic N) is 2. The van der Waals surface area contributed by atoms with Crippen molar-refractivity contribution in [3.05, 3.63) is 59.5 Å². The van der Waals surface area contributed by atoms with Crippen LogP contribution in [0.5, 0.6) is 0 Å². The molecular weight excluding hydrogens is 380 g/mol. The van der Waals surface area contributed by atoms with Crippen LogP contribution in [0.3, 0.4) is 0 Å². The molecule has 2 aliphatic heterocycles. The smallest absolute Gasteiger partial charge is 0.289 e. The van der Waals surface area contributed by atoms with Gasteiger partial charge in [-0.1, -0.05) is 24.3 Å². The van der Waals surface area contributed by atoms with E-state index in [1.165, 1.54) is 11.1 Å². The topological polar surface area (TPSA) is 63.0 Å². The van der Waals surface area contributed by atoms with E-state index in [9.17, 15) is 9.59 Å². The molecule has 6 heteroatoms. The Balaban J connectivity index is 1.31. The van der Waals surface area contributed by atoms with E-state index < -0.39 is 0 Å². The summed E-state index contributed by atoms with van der Waals surface area (Å²) in [6.45, 7) is 4.10. The molecule has 0 unspecified atom stereocenters. The Bertz CT molecular complexity index is 909. The largest absolute Gasteiger partial charge is 0.459 e. The first-order chi connectivity index (χ1) is 14.7. The average Bonchev–Trinajstić information content (AvgIpc) is 3.43. The number of hydrogen-bond donors (Lipinski definition) is 0. The number of fused-ring (bicyclic) bond motifs is 2. The van der Waals surface area contributed by atoms with Crippen molar-refractivity contribution in [3.63, 3.8) is 0 Å². The van der Waals surface area contributed by atoms with Gasteiger partial charge >= 0.3 is 0 Å². The Morgan fingerprint density at radius 2 is 1.73 bits per heavy atom. The molecule has 2 amide bonds. The van der Waals surface area contributed by atoms with E-state index in [1.807, 2.05) is 9.80 Å². The summed E-state index contributed by atoms with van der Waals surface area (Å²) in [6.07, 6.45) is 4.96. The zero-order chi connectivity index (χ0) is 20.6. The van der Waals surface area contributed by atoms with Crippen LogP contribution in [0, 0.1) is 0 Å². The molecule has 1 spiro atoms. The molecule has 1 aromatic carbocycles. The van der Waals surface area contributed by atoms with Gasteiger partial charge < -0.3 is 19.0 Å². The van der Waals surface area contributed by atoms with Gasteiger partial charge in [0.2, 0.25) is 5.91 Å². The van der Waals surface area contributed by atoms with Crippen LogP contribution >= 0.6 is 0 Å². The van der Waals surface area contributed by atoms with Gasteiger partial charge in [0.25, 0.3) is 5.91 Å². The molecule has 0 saturated carbocycles. The summed E-state index contributed by atoms with van der Waals surface area (Å²) in [4.78, 5) is 29.4. The molecule has 2 fully saturated rings. The Hall–Kier alpha value is -2.60. The minimum absolute atomic E-state index is 0.0276. The first kappa shape index (κ1) is 19.4. The van der Waals surface area contributed by atoms with Crippen LogP contribution in [0.4, 0.5) is 0 Å². The average molecular weight is 408 g/mol. The number of rotatable bonds is 3. The molecule has 3 aliphatic rings. The second-order valence-corrected chi connectivity index (χ2v) is 8.74. The summed E-state index contributed by atoms with van der Waals surface area (Å²) < 4.78 is 10.7. The predicted molar refractivity (Wildman–Crippen MR) is 111 cm³/mol. The molecule has 30 heavy (non-hydrogen) atoms. The van der Waals surface area contributed by atoms with Crippen molar-refractivity contribution >= 4 is 11.8 Å². The zero-order valence-corrected chi connectivity index (χ0v) is 17.2. The van der Waals surface area contributed by atoms with E-state index >= 15 is 0 Å². The lowest BCUT2D eigenvalue weighted by Gasteiger charge is -2.40. The highest BCUT2D eigenvalue weighted by atomic mass is 16.5. The highest BCUT2D eigenvalue weighted by molar-refractivity contribution is 5.91. The Labute approximate surface area is 176 Å². The van der Waals surface area contributed by atoms with Gasteiger partial charge in [0.05, 0.1) is 19.5 Å². The van der Waals surface area contributed by atoms with Crippen LogP contribution in [-0.2, 0) is 14.9 Å². The first-order valence-corrected chi connectivity index (χ1v) is 10.9. The molecule has 0 N–H and O–H groups in total. The lowest BCUT2D eigenvalue weighted by molar-refractivity contribution is -0.135. The number of morpholine rings is 1. The Morgan fingerprint density at radius 3 is 2.47 bits per heavy atom. The van der Waals surface area contributed by atoms with Gasteiger partial charge in [0.15, 0.2) is 5.76 Å². The van der Waals surface area contributed by atoms with Gasteiger partial charge in [-0.15, -0.1) is 0 Å². The van der Waals surface area contributed by atoms with Gasteiger partial charge in [-0.25, -0.2) is 0 Å². The van der Waals surface area contributed by atoms with Gasteiger partial charge in [-0.05, 0) is 53.9 Å². The quantitative estimate of drug-likeness (QED) is 0.783. The summed E-state index contributed by atoms with van der Waals surface area (Å²) in [5, 5.41) is 0. The number of carbonyl (C=O) groups excluding carboxylic acids is 2. The molecule has 5 rings (SSSR count). The van der Waals surface area contributed by atoms with Crippen LogP contribution in [0.1, 0.15) is 53.3 Å². The highest BCUT2D eigenvalue weighted by Crippen LogP contribution is 2.52. The third kappa shape index (κ3) is 3.43. The van der Waals surface area contributed by atoms with Crippen molar-refractivity contribution in [2.24, 2.45) is 0 Å². The fourth-order valence-corrected chi connectivity index (χ4v) is 5.53. The Morgan fingerprint density at radius 1 is 0.967 bits per heavy atom. The first-order valence-electron chi connectivity index (χ1n) is 10.9. The maximum atomic E-state index is 12.9. The highest BCUT2D eigenvalue weighted by Gasteiger charge is 2.46. The lowest BCUT2D eigenvalue weighted by Crippen LogP contribution is -2.44. The van der Waals surface area contributed by atoms with Crippen LogP contribution < -0.4 is 0 Å². The number of likely N-dealkylation sites (tertiary alicyclic amines) is 1. The summed E-state index contributed by atoms with van der Waals surface area (Å²) in [5.41, 5.74) is 2.77. The molecule has 3 heterocycles. The molecule has 6 nitrogen and oxygen atoms in total. The standard InChI is InChI=1S/C24H28N2O4/c27-22(25-11-14-29-15-12-25)16-18-17-24(20-5-2-1-4-19(18)20)7-9-26(10-8-24)23(28)21-6-3-13-30-21/h1-6,13,18H,7-12,14-17H2/t18-/m1/s1. The van der Waals surface area contributed by atoms with Crippen molar-refractivity contribution in [1.29, 1.82) is 0 Å². The van der Waals surface area contributed by atoms with Crippen LogP contribution in [-0.4, -0.2) is 61.0 Å². The van der Waals surface area contributed by atoms with E-state index in [1.54, 1.807) is 18.4 Å². The second-order valence-electron chi connectivity index (χ2n) is 8.74. The number of piperidine rings is 1. The molecule has 2 saturated heterocycles. The SMILES string of the molecule is O=C(C[C@@H]1CC2(CCN(C(=O)c3ccco3)CC2)c2ccccc21)N1CCOCC1. The van der Waals surface area contributed by atoms with E-state index in [2.05, 4.69) is 24.3 Å². The third-order valence-electron chi connectivity index (χ3n) is 7.13. The second kappa shape index (κ2) is 7.91. The maximum Gasteiger partial charge on any atom is 0.289 e. The number of benzene rings is 1. The predicted octanol–water partition coefficient (Wildman–Crippen LogP) is 3.19. The van der Waals surface area contributed by atoms with Gasteiger partial charge in [0.1, 0.15) is 0 Å². The fraction of sp³-hybridized carbons (Fsp3) is 0.500. The number of hydrogen-bond acceptors (Lipinski definition) is 4. The van der Waals surface area contributed by atoms with E-state index in [0.717, 1.165) is 32.4 Å². The van der Waals surface area contributed by atoms with E-state index in [4.69, 9.17) is 9.15 Å². The van der Waals surface area contributed by atoms with Crippen molar-refractivity contribution < 1.29 is 18.7 Å². The minimum Gasteiger partial charge on any atom is -0.459 e. The fourth-order valence-electron chi connectivity index (χ4n) is 5.53. The van der Waals surface area contributed by atoms with Gasteiger partial charge in [-0.2, -0.15) is 0 Å². The minimum atomic E-state index is -0.0276. The van der Waals surface area contributed by atoms with Crippen LogP contribution in [0.25, 0.3) is 0 Å². The molecule has 0 radical (unpaired) electrons. The molecule has 0 bridgehead atoms. The van der Waals surface area contributed by atoms with Crippen LogP contribution in [0.15, 0.2) is 47.1 Å². The molecule has 1 atom stereocenters. The maximum absolute atomic E-state index is 12.9. The Kier molecular flexibility index (Phi) is 5.11. The van der Waals surface area contributed by atoms with Crippen molar-refractivity contribution in [3.8, 4) is 0 Å². The van der Waals surface area contributed by atoms with Gasteiger partial charge in [-0.3, -0.25) is 9.59 Å². The van der Waals surface area contributed by atoms with E-state index in [0.29, 0.717) is 38.5 Å². The normalized spacial score (nSPS) is 22.9.